The fourth-order valence-electron chi connectivity index (χ4n) is 2.16. The highest BCUT2D eigenvalue weighted by atomic mass is 79.9. The molecule has 2 N–H and O–H groups in total. The first kappa shape index (κ1) is 13.7. The molecule has 0 aromatic heterocycles. The summed E-state index contributed by atoms with van der Waals surface area (Å²) in [5, 5.41) is 13.3. The van der Waals surface area contributed by atoms with Crippen molar-refractivity contribution in [3.63, 3.8) is 0 Å². The zero-order valence-corrected chi connectivity index (χ0v) is 12.7. The lowest BCUT2D eigenvalue weighted by Crippen LogP contribution is -2.40. The molecule has 3 nitrogen and oxygen atoms in total. The van der Waals surface area contributed by atoms with Gasteiger partial charge in [-0.2, -0.15) is 0 Å². The predicted octanol–water partition coefficient (Wildman–Crippen LogP) is 3.44. The van der Waals surface area contributed by atoms with Gasteiger partial charge in [-0.05, 0) is 66.2 Å². The molecule has 0 atom stereocenters. The fraction of sp³-hybridized carbons (Fsp3) is 0.571. The van der Waals surface area contributed by atoms with Gasteiger partial charge >= 0.3 is 0 Å². The molecule has 0 saturated heterocycles. The molecule has 0 unspecified atom stereocenters. The lowest BCUT2D eigenvalue weighted by Gasteiger charge is -2.26. The average molecular weight is 314 g/mol. The summed E-state index contributed by atoms with van der Waals surface area (Å²) in [6, 6.07) is 3.80. The summed E-state index contributed by atoms with van der Waals surface area (Å²) in [6.07, 6.45) is 2.64. The van der Waals surface area contributed by atoms with Crippen LogP contribution in [-0.2, 0) is 6.54 Å². The molecule has 2 rings (SSSR count). The SMILES string of the molecule is COc1cc(CNC(C)(C)C2CC2)cc(Br)c1O. The molecule has 0 spiro atoms. The number of ether oxygens (including phenoxy) is 1. The van der Waals surface area contributed by atoms with Crippen LogP contribution in [0.5, 0.6) is 11.5 Å². The Morgan fingerprint density at radius 1 is 1.44 bits per heavy atom. The van der Waals surface area contributed by atoms with Crippen LogP contribution in [0.4, 0.5) is 0 Å². The Balaban J connectivity index is 2.07. The molecule has 0 aliphatic heterocycles. The number of hydrogen-bond acceptors (Lipinski definition) is 3. The normalized spacial score (nSPS) is 15.8. The number of benzene rings is 1. The zero-order chi connectivity index (χ0) is 13.3. The van der Waals surface area contributed by atoms with E-state index in [1.807, 2.05) is 12.1 Å². The topological polar surface area (TPSA) is 41.5 Å². The van der Waals surface area contributed by atoms with Crippen molar-refractivity contribution in [3.05, 3.63) is 22.2 Å². The molecule has 100 valence electrons. The Morgan fingerprint density at radius 3 is 2.67 bits per heavy atom. The number of phenols is 1. The van der Waals surface area contributed by atoms with Crippen molar-refractivity contribution in [1.82, 2.24) is 5.32 Å². The Labute approximate surface area is 117 Å². The van der Waals surface area contributed by atoms with Crippen LogP contribution in [0.1, 0.15) is 32.3 Å². The van der Waals surface area contributed by atoms with Crippen LogP contribution in [0.3, 0.4) is 0 Å². The van der Waals surface area contributed by atoms with Gasteiger partial charge in [-0.1, -0.05) is 0 Å². The molecule has 1 aliphatic carbocycles. The number of rotatable bonds is 5. The quantitative estimate of drug-likeness (QED) is 0.875. The third-order valence-electron chi connectivity index (χ3n) is 3.65. The molecular formula is C14H20BrNO2. The third kappa shape index (κ3) is 2.98. The van der Waals surface area contributed by atoms with Crippen molar-refractivity contribution >= 4 is 15.9 Å². The largest absolute Gasteiger partial charge is 0.503 e. The van der Waals surface area contributed by atoms with Crippen molar-refractivity contribution in [2.45, 2.75) is 38.8 Å². The van der Waals surface area contributed by atoms with E-state index in [0.717, 1.165) is 18.0 Å². The van der Waals surface area contributed by atoms with Gasteiger partial charge in [0.2, 0.25) is 0 Å². The van der Waals surface area contributed by atoms with Crippen molar-refractivity contribution in [1.29, 1.82) is 0 Å². The van der Waals surface area contributed by atoms with Crippen molar-refractivity contribution in [2.75, 3.05) is 7.11 Å². The maximum absolute atomic E-state index is 9.76. The van der Waals surface area contributed by atoms with Crippen LogP contribution >= 0.6 is 15.9 Å². The minimum absolute atomic E-state index is 0.155. The summed E-state index contributed by atoms with van der Waals surface area (Å²) in [4.78, 5) is 0. The maximum atomic E-state index is 9.76. The summed E-state index contributed by atoms with van der Waals surface area (Å²) >= 11 is 3.34. The van der Waals surface area contributed by atoms with Gasteiger partial charge in [0, 0.05) is 12.1 Å². The highest BCUT2D eigenvalue weighted by Gasteiger charge is 2.37. The number of aromatic hydroxyl groups is 1. The van der Waals surface area contributed by atoms with E-state index in [1.165, 1.54) is 12.8 Å². The highest BCUT2D eigenvalue weighted by molar-refractivity contribution is 9.10. The van der Waals surface area contributed by atoms with Gasteiger partial charge in [0.15, 0.2) is 11.5 Å². The minimum atomic E-state index is 0.155. The first-order valence-electron chi connectivity index (χ1n) is 6.24. The summed E-state index contributed by atoms with van der Waals surface area (Å²) in [5.74, 6) is 1.45. The second kappa shape index (κ2) is 5.10. The zero-order valence-electron chi connectivity index (χ0n) is 11.1. The van der Waals surface area contributed by atoms with Crippen LogP contribution in [0, 0.1) is 5.92 Å². The van der Waals surface area contributed by atoms with E-state index >= 15 is 0 Å². The fourth-order valence-corrected chi connectivity index (χ4v) is 2.65. The minimum Gasteiger partial charge on any atom is -0.503 e. The number of phenolic OH excluding ortho intramolecular Hbond substituents is 1. The van der Waals surface area contributed by atoms with E-state index in [9.17, 15) is 5.11 Å². The van der Waals surface area contributed by atoms with Crippen LogP contribution in [0.25, 0.3) is 0 Å². The molecule has 1 aromatic rings. The Hall–Kier alpha value is -0.740. The standard InChI is InChI=1S/C14H20BrNO2/c1-14(2,10-4-5-10)16-8-9-6-11(15)13(17)12(7-9)18-3/h6-7,10,16-17H,4-5,8H2,1-3H3. The highest BCUT2D eigenvalue weighted by Crippen LogP contribution is 2.40. The lowest BCUT2D eigenvalue weighted by atomic mass is 9.98. The Kier molecular flexibility index (Phi) is 3.87. The lowest BCUT2D eigenvalue weighted by molar-refractivity contribution is 0.338. The van der Waals surface area contributed by atoms with E-state index in [4.69, 9.17) is 4.74 Å². The molecule has 0 bridgehead atoms. The monoisotopic (exact) mass is 313 g/mol. The van der Waals surface area contributed by atoms with E-state index in [1.54, 1.807) is 7.11 Å². The molecular weight excluding hydrogens is 294 g/mol. The van der Waals surface area contributed by atoms with Crippen molar-refractivity contribution in [2.24, 2.45) is 5.92 Å². The molecule has 0 amide bonds. The molecule has 1 fully saturated rings. The summed E-state index contributed by atoms with van der Waals surface area (Å²) in [7, 11) is 1.56. The summed E-state index contributed by atoms with van der Waals surface area (Å²) < 4.78 is 5.82. The van der Waals surface area contributed by atoms with Crippen LogP contribution in [0.15, 0.2) is 16.6 Å². The van der Waals surface area contributed by atoms with E-state index in [2.05, 4.69) is 35.1 Å². The summed E-state index contributed by atoms with van der Waals surface area (Å²) in [5.41, 5.74) is 1.28. The molecule has 1 aliphatic rings. The number of nitrogens with one attached hydrogen (secondary N) is 1. The number of halogens is 1. The predicted molar refractivity (Wildman–Crippen MR) is 76.0 cm³/mol. The van der Waals surface area contributed by atoms with Gasteiger partial charge in [0.1, 0.15) is 0 Å². The van der Waals surface area contributed by atoms with E-state index < -0.39 is 0 Å². The second-order valence-corrected chi connectivity index (χ2v) is 6.33. The average Bonchev–Trinajstić information content (AvgIpc) is 3.15. The Morgan fingerprint density at radius 2 is 2.11 bits per heavy atom. The van der Waals surface area contributed by atoms with Crippen molar-refractivity contribution in [3.8, 4) is 11.5 Å². The first-order chi connectivity index (χ1) is 8.44. The van der Waals surface area contributed by atoms with Crippen LogP contribution in [0.2, 0.25) is 0 Å². The molecule has 18 heavy (non-hydrogen) atoms. The third-order valence-corrected chi connectivity index (χ3v) is 4.26. The van der Waals surface area contributed by atoms with Gasteiger partial charge in [0.25, 0.3) is 0 Å². The van der Waals surface area contributed by atoms with E-state index in [0.29, 0.717) is 10.2 Å². The number of methoxy groups -OCH3 is 1. The van der Waals surface area contributed by atoms with E-state index in [-0.39, 0.29) is 11.3 Å². The van der Waals surface area contributed by atoms with Gasteiger partial charge < -0.3 is 15.2 Å². The number of hydrogen-bond donors (Lipinski definition) is 2. The molecule has 0 heterocycles. The van der Waals surface area contributed by atoms with Gasteiger partial charge in [-0.3, -0.25) is 0 Å². The second-order valence-electron chi connectivity index (χ2n) is 5.48. The summed E-state index contributed by atoms with van der Waals surface area (Å²) in [6.45, 7) is 5.27. The van der Waals surface area contributed by atoms with Gasteiger partial charge in [-0.25, -0.2) is 0 Å². The molecule has 0 radical (unpaired) electrons. The first-order valence-corrected chi connectivity index (χ1v) is 7.03. The van der Waals surface area contributed by atoms with Gasteiger partial charge in [0.05, 0.1) is 11.6 Å². The molecule has 1 saturated carbocycles. The smallest absolute Gasteiger partial charge is 0.172 e. The Bertz CT molecular complexity index is 442. The van der Waals surface area contributed by atoms with Crippen LogP contribution < -0.4 is 10.1 Å². The van der Waals surface area contributed by atoms with Gasteiger partial charge in [-0.15, -0.1) is 0 Å². The van der Waals surface area contributed by atoms with Crippen LogP contribution in [-0.4, -0.2) is 17.8 Å². The maximum Gasteiger partial charge on any atom is 0.172 e. The molecule has 4 heteroatoms. The molecule has 1 aromatic carbocycles. The van der Waals surface area contributed by atoms with Crippen molar-refractivity contribution < 1.29 is 9.84 Å².